The van der Waals surface area contributed by atoms with Crippen LogP contribution in [0.25, 0.3) is 0 Å². The molecule has 0 saturated carbocycles. The van der Waals surface area contributed by atoms with Crippen LogP contribution in [0.1, 0.15) is 12.8 Å². The predicted molar refractivity (Wildman–Crippen MR) is 58.6 cm³/mol. The molecule has 0 radical (unpaired) electrons. The number of carboxylic acid groups (broad SMARTS) is 1. The van der Waals surface area contributed by atoms with Crippen LogP contribution in [0.5, 0.6) is 0 Å². The second kappa shape index (κ2) is 5.93. The Balaban J connectivity index is 3.89. The van der Waals surface area contributed by atoms with Crippen LogP contribution in [0.15, 0.2) is 0 Å². The van der Waals surface area contributed by atoms with E-state index in [0.717, 1.165) is 6.44 Å². The second-order valence-electron chi connectivity index (χ2n) is 2.89. The molecule has 0 rings (SSSR count). The molecule has 1 atom stereocenters. The first-order chi connectivity index (χ1) is 5.99. The zero-order valence-corrected chi connectivity index (χ0v) is 8.80. The molecule has 0 bridgehead atoms. The van der Waals surface area contributed by atoms with Crippen molar-refractivity contribution in [1.82, 2.24) is 4.90 Å². The number of carboxylic acids is 1. The van der Waals surface area contributed by atoms with Crippen molar-refractivity contribution in [3.05, 3.63) is 0 Å². The first-order valence-electron chi connectivity index (χ1n) is 4.21. The molecule has 13 heavy (non-hydrogen) atoms. The van der Waals surface area contributed by atoms with Crippen LogP contribution in [0, 0.1) is 0 Å². The van der Waals surface area contributed by atoms with Crippen molar-refractivity contribution in [3.8, 4) is 0 Å². The summed E-state index contributed by atoms with van der Waals surface area (Å²) in [4.78, 5) is 12.7. The van der Waals surface area contributed by atoms with Crippen LogP contribution in [0.2, 0.25) is 0 Å². The highest BCUT2D eigenvalue weighted by atomic mass is 32.1. The Morgan fingerprint density at radius 2 is 2.31 bits per heavy atom. The highest BCUT2D eigenvalue weighted by Gasteiger charge is 2.13. The van der Waals surface area contributed by atoms with E-state index in [2.05, 4.69) is 0 Å². The number of nitrogens with two attached hydrogens (primary N) is 1. The average molecular weight is 202 g/mol. The Labute approximate surface area is 84.5 Å². The van der Waals surface area contributed by atoms with Crippen LogP contribution in [0.3, 0.4) is 0 Å². The third kappa shape index (κ3) is 4.85. The van der Waals surface area contributed by atoms with E-state index >= 15 is 0 Å². The molecule has 4 nitrogen and oxygen atoms in total. The van der Waals surface area contributed by atoms with Crippen molar-refractivity contribution in [2.45, 2.75) is 18.9 Å². The van der Waals surface area contributed by atoms with Gasteiger partial charge in [-0.1, -0.05) is 12.2 Å². The van der Waals surface area contributed by atoms with Gasteiger partial charge in [-0.15, -0.1) is 0 Å². The molecule has 0 aliphatic carbocycles. The summed E-state index contributed by atoms with van der Waals surface area (Å²) in [6, 6.07) is -0.323. The van der Waals surface area contributed by atoms with Gasteiger partial charge in [0.05, 0.1) is 11.0 Å². The zero-order valence-electron chi connectivity index (χ0n) is 7.99. The number of hydrogen-bond acceptors (Lipinski definition) is 3. The van der Waals surface area contributed by atoms with Crippen molar-refractivity contribution in [1.29, 1.82) is 0 Å². The van der Waals surface area contributed by atoms with Crippen molar-refractivity contribution in [2.24, 2.45) is 5.73 Å². The molecule has 6 heteroatoms. The summed E-state index contributed by atoms with van der Waals surface area (Å²) in [5.41, 5.74) is 5.70. The van der Waals surface area contributed by atoms with Gasteiger partial charge in [0.2, 0.25) is 0 Å². The summed E-state index contributed by atoms with van der Waals surface area (Å²) < 4.78 is 0. The van der Waals surface area contributed by atoms with Crippen LogP contribution >= 0.6 is 12.2 Å². The Kier molecular flexibility index (Phi) is 5.65. The maximum atomic E-state index is 10.3. The van der Waals surface area contributed by atoms with Gasteiger partial charge in [0, 0.05) is 13.5 Å². The molecule has 0 aliphatic heterocycles. The SMILES string of the molecule is BCN(C)C(=S)C(N)CCC(=O)O. The summed E-state index contributed by atoms with van der Waals surface area (Å²) >= 11 is 5.06. The van der Waals surface area contributed by atoms with Crippen LogP contribution in [-0.4, -0.2) is 48.3 Å². The topological polar surface area (TPSA) is 66.6 Å². The number of likely N-dealkylation sites (N-methyl/N-ethyl adjacent to an activating group) is 1. The van der Waals surface area contributed by atoms with Gasteiger partial charge in [-0.25, -0.2) is 0 Å². The summed E-state index contributed by atoms with van der Waals surface area (Å²) in [5, 5.41) is 8.43. The van der Waals surface area contributed by atoms with Crippen molar-refractivity contribution in [3.63, 3.8) is 0 Å². The van der Waals surface area contributed by atoms with E-state index in [-0.39, 0.29) is 12.5 Å². The predicted octanol–water partition coefficient (Wildman–Crippen LogP) is -0.972. The largest absolute Gasteiger partial charge is 0.481 e. The molecular weight excluding hydrogens is 187 g/mol. The minimum Gasteiger partial charge on any atom is -0.481 e. The Bertz CT molecular complexity index is 201. The minimum atomic E-state index is -0.836. The molecule has 1 unspecified atom stereocenters. The average Bonchev–Trinajstić information content (AvgIpc) is 2.11. The Hall–Kier alpha value is -0.615. The van der Waals surface area contributed by atoms with E-state index < -0.39 is 5.97 Å². The molecule has 0 spiro atoms. The van der Waals surface area contributed by atoms with Crippen LogP contribution in [0.4, 0.5) is 0 Å². The molecule has 0 fully saturated rings. The lowest BCUT2D eigenvalue weighted by Crippen LogP contribution is -2.41. The van der Waals surface area contributed by atoms with E-state index in [0.29, 0.717) is 11.4 Å². The van der Waals surface area contributed by atoms with E-state index in [1.54, 1.807) is 0 Å². The molecule has 0 aromatic rings. The number of carbonyl (C=O) groups is 1. The third-order valence-electron chi connectivity index (χ3n) is 1.84. The Morgan fingerprint density at radius 3 is 2.69 bits per heavy atom. The molecule has 0 aromatic carbocycles. The zero-order chi connectivity index (χ0) is 10.4. The fourth-order valence-electron chi connectivity index (χ4n) is 0.841. The van der Waals surface area contributed by atoms with E-state index in [1.165, 1.54) is 0 Å². The quantitative estimate of drug-likeness (QED) is 0.443. The highest BCUT2D eigenvalue weighted by molar-refractivity contribution is 7.80. The summed E-state index contributed by atoms with van der Waals surface area (Å²) in [5.74, 6) is -0.836. The molecule has 0 aromatic heterocycles. The minimum absolute atomic E-state index is 0.0683. The van der Waals surface area contributed by atoms with Gasteiger partial charge in [-0.2, -0.15) is 0 Å². The van der Waals surface area contributed by atoms with Gasteiger partial charge in [0.1, 0.15) is 7.85 Å². The first kappa shape index (κ1) is 12.4. The monoisotopic (exact) mass is 202 g/mol. The van der Waals surface area contributed by atoms with Gasteiger partial charge in [-0.3, -0.25) is 4.79 Å². The van der Waals surface area contributed by atoms with Gasteiger partial charge >= 0.3 is 5.97 Å². The smallest absolute Gasteiger partial charge is 0.303 e. The molecule has 3 N–H and O–H groups in total. The standard InChI is InChI=1S/C7H15BN2O2S/c1-10(4-8)7(13)5(9)2-3-6(11)12/h5H,2-4,8-9H2,1H3,(H,11,12). The fourth-order valence-corrected chi connectivity index (χ4v) is 1.09. The Morgan fingerprint density at radius 1 is 1.77 bits per heavy atom. The fraction of sp³-hybridized carbons (Fsp3) is 0.714. The van der Waals surface area contributed by atoms with E-state index in [1.807, 2.05) is 19.8 Å². The maximum absolute atomic E-state index is 10.3. The first-order valence-corrected chi connectivity index (χ1v) is 4.62. The summed E-state index contributed by atoms with van der Waals surface area (Å²) in [6.07, 6.45) is 1.26. The molecule has 74 valence electrons. The number of nitrogens with zero attached hydrogens (tertiary/aromatic N) is 1. The summed E-state index contributed by atoms with van der Waals surface area (Å²) in [6.45, 7) is 0. The van der Waals surface area contributed by atoms with Crippen molar-refractivity contribution >= 4 is 31.0 Å². The van der Waals surface area contributed by atoms with Gasteiger partial charge in [0.25, 0.3) is 0 Å². The number of hydrogen-bond donors (Lipinski definition) is 2. The van der Waals surface area contributed by atoms with E-state index in [4.69, 9.17) is 23.1 Å². The van der Waals surface area contributed by atoms with E-state index in [9.17, 15) is 4.79 Å². The van der Waals surface area contributed by atoms with Gasteiger partial charge in [-0.05, 0) is 12.9 Å². The van der Waals surface area contributed by atoms with Crippen LogP contribution < -0.4 is 5.73 Å². The molecular formula is C7H15BN2O2S. The lowest BCUT2D eigenvalue weighted by atomic mass is 10.1. The van der Waals surface area contributed by atoms with Gasteiger partial charge in [0.15, 0.2) is 0 Å². The lowest BCUT2D eigenvalue weighted by molar-refractivity contribution is -0.137. The summed E-state index contributed by atoms with van der Waals surface area (Å²) in [7, 11) is 3.82. The molecule has 0 saturated heterocycles. The van der Waals surface area contributed by atoms with Crippen molar-refractivity contribution in [2.75, 3.05) is 13.5 Å². The molecule has 0 amide bonds. The number of aliphatic carboxylic acids is 1. The van der Waals surface area contributed by atoms with Crippen LogP contribution in [-0.2, 0) is 4.79 Å². The number of thiocarbonyl (C=S) groups is 1. The van der Waals surface area contributed by atoms with Crippen molar-refractivity contribution < 1.29 is 9.90 Å². The lowest BCUT2D eigenvalue weighted by Gasteiger charge is -2.22. The van der Waals surface area contributed by atoms with Gasteiger partial charge < -0.3 is 15.7 Å². The number of rotatable bonds is 5. The second-order valence-corrected chi connectivity index (χ2v) is 3.31. The molecule has 0 heterocycles. The maximum Gasteiger partial charge on any atom is 0.303 e. The highest BCUT2D eigenvalue weighted by Crippen LogP contribution is 2.00. The normalized spacial score (nSPS) is 12.2. The third-order valence-corrected chi connectivity index (χ3v) is 2.45. The molecule has 0 aliphatic rings.